The van der Waals surface area contributed by atoms with E-state index in [0.29, 0.717) is 18.4 Å². The number of aliphatic imine (C=N–C) groups is 1. The molecule has 1 aromatic carbocycles. The third-order valence-corrected chi connectivity index (χ3v) is 3.69. The van der Waals surface area contributed by atoms with Gasteiger partial charge in [-0.2, -0.15) is 0 Å². The number of pyridine rings is 1. The molecule has 0 aliphatic rings. The Morgan fingerprint density at radius 1 is 1.30 bits per heavy atom. The van der Waals surface area contributed by atoms with E-state index in [1.54, 1.807) is 0 Å². The molecule has 5 heteroatoms. The first-order valence-corrected chi connectivity index (χ1v) is 8.07. The maximum absolute atomic E-state index is 5.96. The number of aromatic nitrogens is 1. The second-order valence-corrected chi connectivity index (χ2v) is 6.36. The van der Waals surface area contributed by atoms with Gasteiger partial charge in [0.15, 0.2) is 5.96 Å². The molecule has 0 saturated heterocycles. The predicted octanol–water partition coefficient (Wildman–Crippen LogP) is 2.75. The van der Waals surface area contributed by atoms with Crippen molar-refractivity contribution in [2.45, 2.75) is 26.8 Å². The predicted molar refractivity (Wildman–Crippen MR) is 98.9 cm³/mol. The SMILES string of the molecule is CC(C)CCNC(N)=NCc1cc(N(C)C)nc2ccccc12. The van der Waals surface area contributed by atoms with Crippen molar-refractivity contribution in [3.63, 3.8) is 0 Å². The number of nitrogens with two attached hydrogens (primary N) is 1. The highest BCUT2D eigenvalue weighted by Gasteiger charge is 2.07. The van der Waals surface area contributed by atoms with Crippen molar-refractivity contribution in [3.05, 3.63) is 35.9 Å². The van der Waals surface area contributed by atoms with Crippen LogP contribution in [0.1, 0.15) is 25.8 Å². The Labute approximate surface area is 138 Å². The summed E-state index contributed by atoms with van der Waals surface area (Å²) in [6.45, 7) is 5.79. The number of fused-ring (bicyclic) bond motifs is 1. The molecule has 5 nitrogen and oxygen atoms in total. The molecular weight excluding hydrogens is 286 g/mol. The van der Waals surface area contributed by atoms with Crippen molar-refractivity contribution in [1.82, 2.24) is 10.3 Å². The normalized spacial score (nSPS) is 12.0. The lowest BCUT2D eigenvalue weighted by Gasteiger charge is -2.14. The summed E-state index contributed by atoms with van der Waals surface area (Å²) in [7, 11) is 3.98. The van der Waals surface area contributed by atoms with Gasteiger partial charge in [-0.3, -0.25) is 0 Å². The Hall–Kier alpha value is -2.30. The van der Waals surface area contributed by atoms with Crippen LogP contribution >= 0.6 is 0 Å². The number of nitrogens with zero attached hydrogens (tertiary/aromatic N) is 3. The second-order valence-electron chi connectivity index (χ2n) is 6.36. The zero-order valence-corrected chi connectivity index (χ0v) is 14.5. The van der Waals surface area contributed by atoms with Crippen LogP contribution in [0.3, 0.4) is 0 Å². The summed E-state index contributed by atoms with van der Waals surface area (Å²) in [5.74, 6) is 2.08. The molecule has 124 valence electrons. The molecule has 3 N–H and O–H groups in total. The highest BCUT2D eigenvalue weighted by Crippen LogP contribution is 2.22. The number of rotatable bonds is 6. The van der Waals surface area contributed by atoms with Gasteiger partial charge in [0.2, 0.25) is 0 Å². The van der Waals surface area contributed by atoms with Crippen LogP contribution < -0.4 is 16.0 Å². The number of hydrogen-bond acceptors (Lipinski definition) is 3. The Kier molecular flexibility index (Phi) is 5.79. The average molecular weight is 313 g/mol. The van der Waals surface area contributed by atoms with E-state index in [0.717, 1.165) is 35.2 Å². The van der Waals surface area contributed by atoms with Gasteiger partial charge in [-0.05, 0) is 30.0 Å². The Morgan fingerprint density at radius 2 is 2.04 bits per heavy atom. The number of para-hydroxylation sites is 1. The molecule has 0 spiro atoms. The van der Waals surface area contributed by atoms with Crippen LogP contribution in [-0.2, 0) is 6.54 Å². The third-order valence-electron chi connectivity index (χ3n) is 3.69. The molecule has 2 rings (SSSR count). The summed E-state index contributed by atoms with van der Waals surface area (Å²) >= 11 is 0. The minimum atomic E-state index is 0.498. The molecule has 0 aliphatic carbocycles. The zero-order valence-electron chi connectivity index (χ0n) is 14.5. The van der Waals surface area contributed by atoms with Crippen molar-refractivity contribution in [1.29, 1.82) is 0 Å². The van der Waals surface area contributed by atoms with Gasteiger partial charge >= 0.3 is 0 Å². The summed E-state index contributed by atoms with van der Waals surface area (Å²) in [4.78, 5) is 11.1. The van der Waals surface area contributed by atoms with Crippen molar-refractivity contribution in [2.75, 3.05) is 25.5 Å². The molecule has 0 fully saturated rings. The van der Waals surface area contributed by atoms with Gasteiger partial charge in [-0.1, -0.05) is 32.0 Å². The van der Waals surface area contributed by atoms with E-state index < -0.39 is 0 Å². The fraction of sp³-hybridized carbons (Fsp3) is 0.444. The maximum Gasteiger partial charge on any atom is 0.188 e. The molecule has 0 amide bonds. The van der Waals surface area contributed by atoms with Gasteiger partial charge in [0.05, 0.1) is 12.1 Å². The quantitative estimate of drug-likeness (QED) is 0.636. The number of benzene rings is 1. The monoisotopic (exact) mass is 313 g/mol. The summed E-state index contributed by atoms with van der Waals surface area (Å²) in [5, 5.41) is 4.29. The van der Waals surface area contributed by atoms with Crippen molar-refractivity contribution >= 4 is 22.7 Å². The van der Waals surface area contributed by atoms with Crippen LogP contribution in [0.4, 0.5) is 5.82 Å². The van der Waals surface area contributed by atoms with Gasteiger partial charge in [0.1, 0.15) is 5.82 Å². The molecule has 1 heterocycles. The van der Waals surface area contributed by atoms with Gasteiger partial charge in [0.25, 0.3) is 0 Å². The van der Waals surface area contributed by atoms with Gasteiger partial charge < -0.3 is 16.0 Å². The van der Waals surface area contributed by atoms with E-state index in [9.17, 15) is 0 Å². The summed E-state index contributed by atoms with van der Waals surface area (Å²) < 4.78 is 0. The topological polar surface area (TPSA) is 66.5 Å². The van der Waals surface area contributed by atoms with E-state index in [-0.39, 0.29) is 0 Å². The molecule has 0 unspecified atom stereocenters. The lowest BCUT2D eigenvalue weighted by Crippen LogP contribution is -2.32. The molecule has 0 radical (unpaired) electrons. The van der Waals surface area contributed by atoms with Crippen molar-refractivity contribution in [2.24, 2.45) is 16.6 Å². The van der Waals surface area contributed by atoms with Crippen molar-refractivity contribution < 1.29 is 0 Å². The summed E-state index contributed by atoms with van der Waals surface area (Å²) in [6, 6.07) is 10.2. The molecule has 0 bridgehead atoms. The molecule has 1 aromatic heterocycles. The van der Waals surface area contributed by atoms with Gasteiger partial charge in [-0.25, -0.2) is 9.98 Å². The van der Waals surface area contributed by atoms with E-state index in [4.69, 9.17) is 5.73 Å². The molecule has 0 aliphatic heterocycles. The zero-order chi connectivity index (χ0) is 16.8. The van der Waals surface area contributed by atoms with Crippen LogP contribution in [0.15, 0.2) is 35.3 Å². The molecule has 0 atom stereocenters. The van der Waals surface area contributed by atoms with E-state index >= 15 is 0 Å². The number of nitrogens with one attached hydrogen (secondary N) is 1. The standard InChI is InChI=1S/C18H27N5/c1-13(2)9-10-20-18(19)21-12-14-11-17(23(3)4)22-16-8-6-5-7-15(14)16/h5-8,11,13H,9-10,12H2,1-4H3,(H3,19,20,21). The fourth-order valence-corrected chi connectivity index (χ4v) is 2.31. The van der Waals surface area contributed by atoms with E-state index in [2.05, 4.69) is 41.3 Å². The maximum atomic E-state index is 5.96. The number of anilines is 1. The fourth-order valence-electron chi connectivity index (χ4n) is 2.31. The minimum absolute atomic E-state index is 0.498. The van der Waals surface area contributed by atoms with Crippen LogP contribution in [0, 0.1) is 5.92 Å². The smallest absolute Gasteiger partial charge is 0.188 e. The largest absolute Gasteiger partial charge is 0.370 e. The molecule has 23 heavy (non-hydrogen) atoms. The van der Waals surface area contributed by atoms with Crippen molar-refractivity contribution in [3.8, 4) is 0 Å². The van der Waals surface area contributed by atoms with Crippen LogP contribution in [0.5, 0.6) is 0 Å². The van der Waals surface area contributed by atoms with E-state index in [1.807, 2.05) is 37.2 Å². The molecule has 0 saturated carbocycles. The summed E-state index contributed by atoms with van der Waals surface area (Å²) in [5.41, 5.74) is 8.08. The molecular formula is C18H27N5. The minimum Gasteiger partial charge on any atom is -0.370 e. The summed E-state index contributed by atoms with van der Waals surface area (Å²) in [6.07, 6.45) is 1.08. The highest BCUT2D eigenvalue weighted by atomic mass is 15.1. The highest BCUT2D eigenvalue weighted by molar-refractivity contribution is 5.84. The lowest BCUT2D eigenvalue weighted by molar-refractivity contribution is 0.576. The lowest BCUT2D eigenvalue weighted by atomic mass is 10.1. The first-order valence-electron chi connectivity index (χ1n) is 8.07. The first kappa shape index (κ1) is 17.1. The number of hydrogen-bond donors (Lipinski definition) is 2. The van der Waals surface area contributed by atoms with Gasteiger partial charge in [0, 0.05) is 26.0 Å². The van der Waals surface area contributed by atoms with Crippen LogP contribution in [0.2, 0.25) is 0 Å². The van der Waals surface area contributed by atoms with Crippen LogP contribution in [-0.4, -0.2) is 31.6 Å². The van der Waals surface area contributed by atoms with E-state index in [1.165, 1.54) is 0 Å². The third kappa shape index (κ3) is 4.84. The number of guanidine groups is 1. The Morgan fingerprint density at radius 3 is 2.74 bits per heavy atom. The second kappa shape index (κ2) is 7.81. The Bertz CT molecular complexity index is 676. The first-order chi connectivity index (χ1) is 11.0. The molecule has 2 aromatic rings. The Balaban J connectivity index is 2.18. The average Bonchev–Trinajstić information content (AvgIpc) is 2.51. The van der Waals surface area contributed by atoms with Crippen LogP contribution in [0.25, 0.3) is 10.9 Å². The van der Waals surface area contributed by atoms with Gasteiger partial charge in [-0.15, -0.1) is 0 Å².